The molecule has 1 aromatic carbocycles. The highest BCUT2D eigenvalue weighted by molar-refractivity contribution is 7.92. The minimum Gasteiger partial charge on any atom is -0.326 e. The summed E-state index contributed by atoms with van der Waals surface area (Å²) in [6.45, 7) is 0.361. The average Bonchev–Trinajstić information content (AvgIpc) is 2.74. The molecule has 3 N–H and O–H groups in total. The molecule has 0 fully saturated rings. The molecular weight excluding hydrogens is 256 g/mol. The van der Waals surface area contributed by atoms with Crippen LogP contribution in [-0.2, 0) is 23.6 Å². The van der Waals surface area contributed by atoms with Crippen LogP contribution >= 0.6 is 0 Å². The SMILES string of the molecule is Cn1nnc(NS(=O)(=O)c2ccc(CN)cc2)n1. The first-order chi connectivity index (χ1) is 8.51. The third-order valence-electron chi connectivity index (χ3n) is 2.20. The molecule has 2 rings (SSSR count). The first-order valence-corrected chi connectivity index (χ1v) is 6.55. The Balaban J connectivity index is 2.24. The van der Waals surface area contributed by atoms with Gasteiger partial charge in [-0.3, -0.25) is 0 Å². The molecule has 0 bridgehead atoms. The Bertz CT molecular complexity index is 633. The van der Waals surface area contributed by atoms with Crippen LogP contribution in [0.4, 0.5) is 5.95 Å². The molecule has 0 saturated carbocycles. The highest BCUT2D eigenvalue weighted by atomic mass is 32.2. The first kappa shape index (κ1) is 12.5. The molecule has 0 spiro atoms. The van der Waals surface area contributed by atoms with Crippen LogP contribution in [0.25, 0.3) is 0 Å². The summed E-state index contributed by atoms with van der Waals surface area (Å²) in [6, 6.07) is 6.25. The van der Waals surface area contributed by atoms with Crippen LogP contribution in [0.15, 0.2) is 29.2 Å². The number of sulfonamides is 1. The molecule has 0 aliphatic heterocycles. The van der Waals surface area contributed by atoms with Crippen molar-refractivity contribution in [2.45, 2.75) is 11.4 Å². The van der Waals surface area contributed by atoms with Crippen molar-refractivity contribution in [3.8, 4) is 0 Å². The lowest BCUT2D eigenvalue weighted by Crippen LogP contribution is -2.14. The van der Waals surface area contributed by atoms with Gasteiger partial charge in [0, 0.05) is 6.54 Å². The van der Waals surface area contributed by atoms with Crippen LogP contribution in [-0.4, -0.2) is 28.6 Å². The largest absolute Gasteiger partial charge is 0.326 e. The molecule has 0 radical (unpaired) electrons. The van der Waals surface area contributed by atoms with Gasteiger partial charge in [0.2, 0.25) is 0 Å². The minimum atomic E-state index is -3.69. The number of anilines is 1. The summed E-state index contributed by atoms with van der Waals surface area (Å²) in [7, 11) is -2.15. The molecule has 0 amide bonds. The molecule has 18 heavy (non-hydrogen) atoms. The topological polar surface area (TPSA) is 116 Å². The van der Waals surface area contributed by atoms with Gasteiger partial charge in [0.15, 0.2) is 0 Å². The van der Waals surface area contributed by atoms with E-state index in [-0.39, 0.29) is 10.8 Å². The molecule has 0 unspecified atom stereocenters. The Morgan fingerprint density at radius 2 is 2.00 bits per heavy atom. The quantitative estimate of drug-likeness (QED) is 0.770. The normalized spacial score (nSPS) is 11.4. The fourth-order valence-electron chi connectivity index (χ4n) is 1.31. The van der Waals surface area contributed by atoms with E-state index < -0.39 is 10.0 Å². The van der Waals surface area contributed by atoms with E-state index in [9.17, 15) is 8.42 Å². The number of nitrogens with zero attached hydrogens (tertiary/aromatic N) is 4. The number of aromatic nitrogens is 4. The second kappa shape index (κ2) is 4.70. The molecule has 0 atom stereocenters. The third-order valence-corrected chi connectivity index (χ3v) is 3.55. The predicted octanol–water partition coefficient (Wildman–Crippen LogP) is -0.530. The van der Waals surface area contributed by atoms with Gasteiger partial charge in [-0.1, -0.05) is 17.2 Å². The van der Waals surface area contributed by atoms with E-state index in [2.05, 4.69) is 20.1 Å². The van der Waals surface area contributed by atoms with Gasteiger partial charge in [-0.05, 0) is 22.9 Å². The van der Waals surface area contributed by atoms with Gasteiger partial charge >= 0.3 is 0 Å². The summed E-state index contributed by atoms with van der Waals surface area (Å²) in [5, 5.41) is 10.8. The number of tetrazole rings is 1. The fourth-order valence-corrected chi connectivity index (χ4v) is 2.24. The van der Waals surface area contributed by atoms with Crippen molar-refractivity contribution in [1.82, 2.24) is 20.2 Å². The van der Waals surface area contributed by atoms with Crippen LogP contribution in [0.3, 0.4) is 0 Å². The van der Waals surface area contributed by atoms with Crippen LogP contribution in [0.1, 0.15) is 5.56 Å². The smallest absolute Gasteiger partial charge is 0.277 e. The zero-order valence-electron chi connectivity index (χ0n) is 9.61. The summed E-state index contributed by atoms with van der Waals surface area (Å²) in [4.78, 5) is 1.28. The standard InChI is InChI=1S/C9H12N6O2S/c1-15-12-9(11-14-15)13-18(16,17)8-4-2-7(6-10)3-5-8/h2-5H,6,10H2,1H3,(H,12,13). The van der Waals surface area contributed by atoms with Crippen molar-refractivity contribution in [3.63, 3.8) is 0 Å². The monoisotopic (exact) mass is 268 g/mol. The zero-order chi connectivity index (χ0) is 13.2. The minimum absolute atomic E-state index is 0.0691. The summed E-state index contributed by atoms with van der Waals surface area (Å²) in [5.74, 6) is -0.0691. The van der Waals surface area contributed by atoms with Crippen molar-refractivity contribution in [3.05, 3.63) is 29.8 Å². The second-order valence-electron chi connectivity index (χ2n) is 3.56. The van der Waals surface area contributed by atoms with Gasteiger partial charge in [0.25, 0.3) is 16.0 Å². The summed E-state index contributed by atoms with van der Waals surface area (Å²) in [5.41, 5.74) is 6.29. The zero-order valence-corrected chi connectivity index (χ0v) is 10.4. The lowest BCUT2D eigenvalue weighted by Gasteiger charge is -2.04. The van der Waals surface area contributed by atoms with Gasteiger partial charge in [0.05, 0.1) is 11.9 Å². The molecule has 1 aromatic heterocycles. The number of rotatable bonds is 4. The number of nitrogens with one attached hydrogen (secondary N) is 1. The molecular formula is C9H12N6O2S. The van der Waals surface area contributed by atoms with Crippen LogP contribution in [0.5, 0.6) is 0 Å². The number of benzene rings is 1. The Morgan fingerprint density at radius 3 is 2.50 bits per heavy atom. The van der Waals surface area contributed by atoms with Crippen LogP contribution < -0.4 is 10.5 Å². The average molecular weight is 268 g/mol. The number of hydrogen-bond donors (Lipinski definition) is 2. The lowest BCUT2D eigenvalue weighted by atomic mass is 10.2. The van der Waals surface area contributed by atoms with Gasteiger partial charge in [-0.2, -0.15) is 4.80 Å². The maximum atomic E-state index is 12.0. The number of aryl methyl sites for hydroxylation is 1. The van der Waals surface area contributed by atoms with Crippen LogP contribution in [0.2, 0.25) is 0 Å². The molecule has 1 heterocycles. The Labute approximate surface area is 104 Å². The van der Waals surface area contributed by atoms with Crippen LogP contribution in [0, 0.1) is 0 Å². The van der Waals surface area contributed by atoms with E-state index in [1.54, 1.807) is 19.2 Å². The molecule has 96 valence electrons. The van der Waals surface area contributed by atoms with Crippen molar-refractivity contribution in [2.75, 3.05) is 4.72 Å². The third kappa shape index (κ3) is 2.63. The maximum Gasteiger partial charge on any atom is 0.277 e. The Hall–Kier alpha value is -2.00. The lowest BCUT2D eigenvalue weighted by molar-refractivity contribution is 0.600. The van der Waals surface area contributed by atoms with E-state index in [1.807, 2.05) is 0 Å². The van der Waals surface area contributed by atoms with E-state index in [0.29, 0.717) is 6.54 Å². The van der Waals surface area contributed by atoms with Gasteiger partial charge in [-0.15, -0.1) is 5.10 Å². The van der Waals surface area contributed by atoms with Gasteiger partial charge in [0.1, 0.15) is 0 Å². The number of hydrogen-bond acceptors (Lipinski definition) is 6. The Kier molecular flexibility index (Phi) is 3.26. The molecule has 0 saturated heterocycles. The molecule has 9 heteroatoms. The summed E-state index contributed by atoms with van der Waals surface area (Å²) >= 11 is 0. The summed E-state index contributed by atoms with van der Waals surface area (Å²) < 4.78 is 26.1. The van der Waals surface area contributed by atoms with Crippen molar-refractivity contribution < 1.29 is 8.42 Å². The van der Waals surface area contributed by atoms with Gasteiger partial charge < -0.3 is 5.73 Å². The van der Waals surface area contributed by atoms with Crippen molar-refractivity contribution >= 4 is 16.0 Å². The highest BCUT2D eigenvalue weighted by Crippen LogP contribution is 2.13. The predicted molar refractivity (Wildman–Crippen MR) is 63.9 cm³/mol. The van der Waals surface area contributed by atoms with Crippen molar-refractivity contribution in [2.24, 2.45) is 12.8 Å². The maximum absolute atomic E-state index is 12.0. The van der Waals surface area contributed by atoms with Gasteiger partial charge in [-0.25, -0.2) is 13.1 Å². The van der Waals surface area contributed by atoms with Crippen molar-refractivity contribution in [1.29, 1.82) is 0 Å². The molecule has 8 nitrogen and oxygen atoms in total. The van der Waals surface area contributed by atoms with E-state index in [4.69, 9.17) is 5.73 Å². The first-order valence-electron chi connectivity index (χ1n) is 5.07. The van der Waals surface area contributed by atoms with E-state index >= 15 is 0 Å². The molecule has 0 aliphatic rings. The Morgan fingerprint density at radius 1 is 1.33 bits per heavy atom. The van der Waals surface area contributed by atoms with E-state index in [0.717, 1.165) is 10.4 Å². The number of nitrogens with two attached hydrogens (primary N) is 1. The van der Waals surface area contributed by atoms with E-state index in [1.165, 1.54) is 12.1 Å². The second-order valence-corrected chi connectivity index (χ2v) is 5.24. The highest BCUT2D eigenvalue weighted by Gasteiger charge is 2.16. The molecule has 0 aliphatic carbocycles. The summed E-state index contributed by atoms with van der Waals surface area (Å²) in [6.07, 6.45) is 0. The fraction of sp³-hybridized carbons (Fsp3) is 0.222. The molecule has 2 aromatic rings.